The maximum Gasteiger partial charge on any atom is 0.509 e. The van der Waals surface area contributed by atoms with Crippen molar-refractivity contribution in [1.82, 2.24) is 5.32 Å². The van der Waals surface area contributed by atoms with E-state index in [2.05, 4.69) is 19.2 Å². The highest BCUT2D eigenvalue weighted by atomic mass is 16.8. The third kappa shape index (κ3) is 12.1. The lowest BCUT2D eigenvalue weighted by Gasteiger charge is -2.66. The van der Waals surface area contributed by atoms with E-state index in [0.717, 1.165) is 19.3 Å². The molecule has 2 unspecified atom stereocenters. The molecule has 392 valence electrons. The summed E-state index contributed by atoms with van der Waals surface area (Å²) in [5.74, 6) is -4.03. The highest BCUT2D eigenvalue weighted by Crippen LogP contribution is 2.64. The molecule has 1 amide bonds. The topological polar surface area (TPSA) is 176 Å². The van der Waals surface area contributed by atoms with Gasteiger partial charge in [-0.2, -0.15) is 0 Å². The molecule has 0 radical (unpaired) electrons. The van der Waals surface area contributed by atoms with E-state index in [9.17, 15) is 24.6 Å². The number of aliphatic hydroxyl groups is 2. The van der Waals surface area contributed by atoms with E-state index in [-0.39, 0.29) is 31.5 Å². The van der Waals surface area contributed by atoms with Crippen LogP contribution in [0.1, 0.15) is 173 Å². The second kappa shape index (κ2) is 24.3. The van der Waals surface area contributed by atoms with E-state index >= 15 is 4.79 Å². The van der Waals surface area contributed by atoms with E-state index in [0.29, 0.717) is 35.3 Å². The number of aliphatic hydroxyl groups excluding tert-OH is 1. The molecule has 2 aromatic rings. The maximum absolute atomic E-state index is 15.0. The van der Waals surface area contributed by atoms with Crippen LogP contribution in [0, 0.1) is 34.5 Å². The fourth-order valence-corrected chi connectivity index (χ4v) is 13.1. The van der Waals surface area contributed by atoms with Gasteiger partial charge < -0.3 is 44.0 Å². The molecule has 3 N–H and O–H groups in total. The lowest BCUT2D eigenvalue weighted by atomic mass is 9.44. The van der Waals surface area contributed by atoms with Crippen LogP contribution in [0.2, 0.25) is 0 Å². The Labute approximate surface area is 422 Å². The van der Waals surface area contributed by atoms with Crippen LogP contribution in [-0.4, -0.2) is 96.3 Å². The normalized spacial score (nSPS) is 31.7. The fourth-order valence-electron chi connectivity index (χ4n) is 13.1. The molecule has 2 bridgehead atoms. The Morgan fingerprint density at radius 3 is 2.06 bits per heavy atom. The van der Waals surface area contributed by atoms with Gasteiger partial charge in [0.2, 0.25) is 6.10 Å². The molecule has 0 spiro atoms. The van der Waals surface area contributed by atoms with Gasteiger partial charge >= 0.3 is 12.1 Å². The van der Waals surface area contributed by atoms with Crippen molar-refractivity contribution in [3.05, 3.63) is 82.9 Å². The largest absolute Gasteiger partial charge is 0.509 e. The third-order valence-corrected chi connectivity index (χ3v) is 17.2. The average Bonchev–Trinajstić information content (AvgIpc) is 3.82. The van der Waals surface area contributed by atoms with Gasteiger partial charge in [0, 0.05) is 41.1 Å². The minimum absolute atomic E-state index is 0.0346. The first-order chi connectivity index (χ1) is 34.0. The number of amides is 1. The lowest BCUT2D eigenvalue weighted by molar-refractivity contribution is -0.283. The molecule has 71 heavy (non-hydrogen) atoms. The van der Waals surface area contributed by atoms with Crippen molar-refractivity contribution in [1.29, 1.82) is 0 Å². The summed E-state index contributed by atoms with van der Waals surface area (Å²) in [6.07, 6.45) is 11.3. The summed E-state index contributed by atoms with van der Waals surface area (Å²) in [5, 5.41) is 27.8. The zero-order valence-corrected chi connectivity index (χ0v) is 43.5. The Balaban J connectivity index is 1.04. The molecule has 2 saturated carbocycles. The van der Waals surface area contributed by atoms with Gasteiger partial charge in [-0.05, 0) is 60.4 Å². The average molecular weight is 986 g/mol. The molecular formula is C58H83NO12. The van der Waals surface area contributed by atoms with E-state index in [1.165, 1.54) is 70.6 Å². The molecule has 2 saturated heterocycles. The summed E-state index contributed by atoms with van der Waals surface area (Å²) in [6, 6.07) is 16.0. The van der Waals surface area contributed by atoms with Crippen molar-refractivity contribution in [2.75, 3.05) is 19.8 Å². The van der Waals surface area contributed by atoms with Crippen molar-refractivity contribution in [2.24, 2.45) is 34.5 Å². The van der Waals surface area contributed by atoms with E-state index in [1.54, 1.807) is 60.7 Å². The number of fused-ring (bicyclic) bond motifs is 5. The number of Topliss-reactive ketones (excluding diaryl/α,β-unsaturated/α-hetero) is 1. The van der Waals surface area contributed by atoms with Gasteiger partial charge in [0.15, 0.2) is 6.29 Å². The van der Waals surface area contributed by atoms with Gasteiger partial charge in [-0.1, -0.05) is 167 Å². The molecule has 13 heteroatoms. The van der Waals surface area contributed by atoms with Gasteiger partial charge in [0.05, 0.1) is 31.0 Å². The molecule has 2 aliphatic heterocycles. The molecule has 13 atom stereocenters. The number of hydrogen-bond donors (Lipinski definition) is 3. The quantitative estimate of drug-likeness (QED) is 0.0547. The monoisotopic (exact) mass is 986 g/mol. The molecule has 5 aliphatic rings. The first-order valence-electron chi connectivity index (χ1n) is 27.0. The molecule has 7 rings (SSSR count). The summed E-state index contributed by atoms with van der Waals surface area (Å²) in [5.41, 5.74) is -0.938. The minimum atomic E-state index is -1.77. The Hall–Kier alpha value is -4.14. The molecular weight excluding hydrogens is 903 g/mol. The van der Waals surface area contributed by atoms with Crippen molar-refractivity contribution in [3.8, 4) is 0 Å². The van der Waals surface area contributed by atoms with E-state index in [4.69, 9.17) is 28.4 Å². The number of hydrogen-bond acceptors (Lipinski definition) is 12. The first kappa shape index (κ1) is 54.6. The van der Waals surface area contributed by atoms with Crippen LogP contribution in [0.5, 0.6) is 0 Å². The highest BCUT2D eigenvalue weighted by molar-refractivity contribution is 5.95. The molecule has 3 aliphatic carbocycles. The smallest absolute Gasteiger partial charge is 0.455 e. The second-order valence-corrected chi connectivity index (χ2v) is 22.2. The predicted molar refractivity (Wildman–Crippen MR) is 269 cm³/mol. The lowest BCUT2D eigenvalue weighted by Crippen LogP contribution is -2.71. The van der Waals surface area contributed by atoms with Crippen LogP contribution in [0.15, 0.2) is 71.8 Å². The van der Waals surface area contributed by atoms with Crippen molar-refractivity contribution in [2.45, 2.75) is 200 Å². The molecule has 2 aromatic carbocycles. The Bertz CT molecular complexity index is 2130. The van der Waals surface area contributed by atoms with Crippen LogP contribution in [-0.2, 0) is 38.0 Å². The van der Waals surface area contributed by atoms with Gasteiger partial charge in [-0.3, -0.25) is 9.59 Å². The second-order valence-electron chi connectivity index (χ2n) is 22.2. The third-order valence-electron chi connectivity index (χ3n) is 17.2. The summed E-state index contributed by atoms with van der Waals surface area (Å²) < 4.78 is 36.0. The van der Waals surface area contributed by atoms with Crippen LogP contribution in [0.4, 0.5) is 4.79 Å². The Morgan fingerprint density at radius 2 is 1.45 bits per heavy atom. The van der Waals surface area contributed by atoms with Gasteiger partial charge in [-0.25, -0.2) is 9.59 Å². The minimum Gasteiger partial charge on any atom is -0.455 e. The summed E-state index contributed by atoms with van der Waals surface area (Å²) >= 11 is 0. The SMILES string of the molecule is CCCCCCCCCCCCCCCC1OCC(COC(=O)O[C@@H](C(=O)O[C@H]2C[C@@]3(O)[C@@H](C)[C@H]4[C@H](C(=O)[C@H](C)C(=C2C)C3(C)C)[C@@H](O)C[C@H]2OC[C@@]42C)[C@@H](NC(=O)c2ccccc2)c2ccccc2)O1. The number of carbonyl (C=O) groups is 4. The number of carbonyl (C=O) groups excluding carboxylic acids is 4. The van der Waals surface area contributed by atoms with Crippen molar-refractivity contribution >= 4 is 23.8 Å². The Kier molecular flexibility index (Phi) is 18.7. The first-order valence-corrected chi connectivity index (χ1v) is 27.0. The maximum atomic E-state index is 15.0. The number of rotatable bonds is 23. The van der Waals surface area contributed by atoms with E-state index in [1.807, 2.05) is 34.6 Å². The molecule has 13 nitrogen and oxygen atoms in total. The molecule has 4 fully saturated rings. The zero-order chi connectivity index (χ0) is 50.9. The summed E-state index contributed by atoms with van der Waals surface area (Å²) in [6.45, 7) is 14.2. The summed E-state index contributed by atoms with van der Waals surface area (Å²) in [7, 11) is 0. The van der Waals surface area contributed by atoms with Crippen LogP contribution >= 0.6 is 0 Å². The zero-order valence-electron chi connectivity index (χ0n) is 43.5. The number of nitrogens with one attached hydrogen (secondary N) is 1. The molecule has 0 aromatic heterocycles. The Morgan fingerprint density at radius 1 is 0.845 bits per heavy atom. The van der Waals surface area contributed by atoms with E-state index < -0.39 is 94.9 Å². The van der Waals surface area contributed by atoms with Crippen LogP contribution in [0.3, 0.4) is 0 Å². The molecule has 2 heterocycles. The fraction of sp³-hybridized carbons (Fsp3) is 0.690. The van der Waals surface area contributed by atoms with Gasteiger partial charge in [-0.15, -0.1) is 0 Å². The van der Waals surface area contributed by atoms with Gasteiger partial charge in [0.25, 0.3) is 5.91 Å². The van der Waals surface area contributed by atoms with Crippen molar-refractivity contribution < 1.29 is 57.8 Å². The number of benzene rings is 2. The predicted octanol–water partition coefficient (Wildman–Crippen LogP) is 10.5. The highest BCUT2D eigenvalue weighted by Gasteiger charge is 2.68. The standard InChI is InChI=1S/C58H83NO12/c1-8-9-10-11-12-13-14-15-16-17-18-19-26-31-46-66-34-42(69-46)35-67-55(64)71-52(50(40-27-22-20-23-28-40)59-53(62)41-29-24-21-25-30-41)54(63)70-44-33-58(65)39(4)49-47(43(60)32-45-57(49,7)36-68-45)51(61)38(3)48(37(44)2)56(58,5)6/h20-25,27-30,38-39,42-47,49-50,52,60,65H,8-19,26,31-36H2,1-7H3,(H,59,62)/t38-,39+,42?,43+,44+,45-,46?,47-,49+,50+,52-,57-,58-/m1/s1. The van der Waals surface area contributed by atoms with Gasteiger partial charge in [0.1, 0.15) is 30.6 Å². The number of ether oxygens (including phenoxy) is 6. The number of ketones is 1. The summed E-state index contributed by atoms with van der Waals surface area (Å²) in [4.78, 5) is 57.5. The number of esters is 1. The van der Waals surface area contributed by atoms with Crippen molar-refractivity contribution in [3.63, 3.8) is 0 Å². The number of unbranched alkanes of at least 4 members (excludes halogenated alkanes) is 12. The van der Waals surface area contributed by atoms with Crippen LogP contribution in [0.25, 0.3) is 0 Å². The van der Waals surface area contributed by atoms with Crippen LogP contribution < -0.4 is 5.32 Å².